The van der Waals surface area contributed by atoms with Crippen LogP contribution in [0.25, 0.3) is 0 Å². The standard InChI is InChI=1S/C12H21N3O3/c1-4-15(8-10(3)6-13)12(18)14-7-9(2)5-11(16)17/h9-10H,4-5,7-8H2,1-3H3,(H,14,18)(H,16,17). The van der Waals surface area contributed by atoms with Crippen LogP contribution in [0.3, 0.4) is 0 Å². The number of aliphatic carboxylic acids is 1. The van der Waals surface area contributed by atoms with Gasteiger partial charge in [-0.3, -0.25) is 4.79 Å². The van der Waals surface area contributed by atoms with E-state index in [0.717, 1.165) is 0 Å². The Labute approximate surface area is 108 Å². The van der Waals surface area contributed by atoms with Gasteiger partial charge in [0.25, 0.3) is 0 Å². The largest absolute Gasteiger partial charge is 0.481 e. The van der Waals surface area contributed by atoms with Crippen LogP contribution < -0.4 is 5.32 Å². The maximum atomic E-state index is 11.8. The van der Waals surface area contributed by atoms with Crippen molar-refractivity contribution in [3.8, 4) is 6.07 Å². The Kier molecular flexibility index (Phi) is 7.52. The van der Waals surface area contributed by atoms with E-state index in [-0.39, 0.29) is 24.3 Å². The van der Waals surface area contributed by atoms with Crippen LogP contribution in [0.15, 0.2) is 0 Å². The fourth-order valence-corrected chi connectivity index (χ4v) is 1.47. The lowest BCUT2D eigenvalue weighted by molar-refractivity contribution is -0.137. The molecule has 0 aliphatic heterocycles. The van der Waals surface area contributed by atoms with Crippen molar-refractivity contribution in [2.24, 2.45) is 11.8 Å². The normalized spacial score (nSPS) is 13.2. The molecule has 0 spiro atoms. The van der Waals surface area contributed by atoms with Gasteiger partial charge in [-0.15, -0.1) is 0 Å². The molecule has 0 fully saturated rings. The van der Waals surface area contributed by atoms with Crippen molar-refractivity contribution in [3.63, 3.8) is 0 Å². The molecule has 6 heteroatoms. The number of nitrogens with one attached hydrogen (secondary N) is 1. The van der Waals surface area contributed by atoms with Gasteiger partial charge in [-0.1, -0.05) is 6.92 Å². The summed E-state index contributed by atoms with van der Waals surface area (Å²) in [5.74, 6) is -1.20. The summed E-state index contributed by atoms with van der Waals surface area (Å²) in [6.45, 7) is 6.58. The Hall–Kier alpha value is -1.77. The zero-order valence-corrected chi connectivity index (χ0v) is 11.1. The second kappa shape index (κ2) is 8.34. The van der Waals surface area contributed by atoms with E-state index in [2.05, 4.69) is 11.4 Å². The van der Waals surface area contributed by atoms with Crippen molar-refractivity contribution in [3.05, 3.63) is 0 Å². The Morgan fingerprint density at radius 3 is 2.50 bits per heavy atom. The number of rotatable bonds is 7. The van der Waals surface area contributed by atoms with Crippen molar-refractivity contribution in [1.29, 1.82) is 5.26 Å². The first kappa shape index (κ1) is 16.2. The van der Waals surface area contributed by atoms with E-state index in [0.29, 0.717) is 19.6 Å². The molecule has 0 aliphatic rings. The fraction of sp³-hybridized carbons (Fsp3) is 0.750. The van der Waals surface area contributed by atoms with Gasteiger partial charge >= 0.3 is 12.0 Å². The first-order valence-electron chi connectivity index (χ1n) is 6.04. The third kappa shape index (κ3) is 6.74. The molecule has 6 nitrogen and oxygen atoms in total. The zero-order valence-electron chi connectivity index (χ0n) is 11.1. The molecule has 0 rings (SSSR count). The Morgan fingerprint density at radius 2 is 2.06 bits per heavy atom. The lowest BCUT2D eigenvalue weighted by Gasteiger charge is -2.23. The molecule has 2 N–H and O–H groups in total. The molecular formula is C12H21N3O3. The number of nitriles is 1. The molecule has 2 unspecified atom stereocenters. The van der Waals surface area contributed by atoms with Gasteiger partial charge in [0.1, 0.15) is 0 Å². The van der Waals surface area contributed by atoms with Gasteiger partial charge in [-0.2, -0.15) is 5.26 Å². The minimum absolute atomic E-state index is 0.0288. The zero-order chi connectivity index (χ0) is 14.1. The van der Waals surface area contributed by atoms with Crippen molar-refractivity contribution >= 4 is 12.0 Å². The fourth-order valence-electron chi connectivity index (χ4n) is 1.47. The van der Waals surface area contributed by atoms with E-state index in [1.54, 1.807) is 18.7 Å². The van der Waals surface area contributed by atoms with Crippen LogP contribution >= 0.6 is 0 Å². The highest BCUT2D eigenvalue weighted by Gasteiger charge is 2.15. The van der Waals surface area contributed by atoms with E-state index in [9.17, 15) is 9.59 Å². The molecule has 0 aromatic carbocycles. The Bertz CT molecular complexity index is 325. The van der Waals surface area contributed by atoms with Crippen LogP contribution in [-0.4, -0.2) is 41.6 Å². The molecule has 0 saturated carbocycles. The quantitative estimate of drug-likeness (QED) is 0.716. The van der Waals surface area contributed by atoms with E-state index >= 15 is 0 Å². The molecule has 102 valence electrons. The molecule has 0 radical (unpaired) electrons. The highest BCUT2D eigenvalue weighted by molar-refractivity contribution is 5.74. The highest BCUT2D eigenvalue weighted by Crippen LogP contribution is 2.02. The van der Waals surface area contributed by atoms with Crippen LogP contribution in [0.5, 0.6) is 0 Å². The summed E-state index contributed by atoms with van der Waals surface area (Å²) in [4.78, 5) is 23.8. The predicted octanol–water partition coefficient (Wildman–Crippen LogP) is 1.29. The molecule has 0 heterocycles. The number of nitrogens with zero attached hydrogens (tertiary/aromatic N) is 2. The second-order valence-corrected chi connectivity index (χ2v) is 4.46. The van der Waals surface area contributed by atoms with Gasteiger partial charge in [-0.05, 0) is 19.8 Å². The van der Waals surface area contributed by atoms with Crippen molar-refractivity contribution < 1.29 is 14.7 Å². The summed E-state index contributed by atoms with van der Waals surface area (Å²) >= 11 is 0. The van der Waals surface area contributed by atoms with E-state index < -0.39 is 5.97 Å². The van der Waals surface area contributed by atoms with Gasteiger partial charge in [0.2, 0.25) is 0 Å². The van der Waals surface area contributed by atoms with Gasteiger partial charge in [0.05, 0.1) is 12.0 Å². The SMILES string of the molecule is CCN(CC(C)C#N)C(=O)NCC(C)CC(=O)O. The number of carboxylic acids is 1. The number of urea groups is 1. The molecule has 18 heavy (non-hydrogen) atoms. The molecule has 0 bridgehead atoms. The maximum absolute atomic E-state index is 11.8. The first-order valence-corrected chi connectivity index (χ1v) is 6.04. The van der Waals surface area contributed by atoms with E-state index in [4.69, 9.17) is 10.4 Å². The van der Waals surface area contributed by atoms with E-state index in [1.165, 1.54) is 0 Å². The van der Waals surface area contributed by atoms with Crippen LogP contribution in [0.1, 0.15) is 27.2 Å². The molecule has 0 aromatic heterocycles. The second-order valence-electron chi connectivity index (χ2n) is 4.46. The summed E-state index contributed by atoms with van der Waals surface area (Å²) in [7, 11) is 0. The first-order chi connectivity index (χ1) is 8.40. The minimum atomic E-state index is -0.873. The number of carbonyl (C=O) groups is 2. The lowest BCUT2D eigenvalue weighted by Crippen LogP contribution is -2.43. The molecule has 2 atom stereocenters. The predicted molar refractivity (Wildman–Crippen MR) is 66.8 cm³/mol. The third-order valence-electron chi connectivity index (χ3n) is 2.51. The molecular weight excluding hydrogens is 234 g/mol. The van der Waals surface area contributed by atoms with Gasteiger partial charge < -0.3 is 15.3 Å². The van der Waals surface area contributed by atoms with Crippen LogP contribution in [0.2, 0.25) is 0 Å². The van der Waals surface area contributed by atoms with Crippen molar-refractivity contribution in [2.45, 2.75) is 27.2 Å². The smallest absolute Gasteiger partial charge is 0.317 e. The summed E-state index contributed by atoms with van der Waals surface area (Å²) in [6, 6.07) is 1.82. The number of amides is 2. The molecule has 0 saturated heterocycles. The number of carboxylic acid groups (broad SMARTS) is 1. The van der Waals surface area contributed by atoms with Gasteiger partial charge in [-0.25, -0.2) is 4.79 Å². The molecule has 0 aliphatic carbocycles. The van der Waals surface area contributed by atoms with Crippen molar-refractivity contribution in [1.82, 2.24) is 10.2 Å². The third-order valence-corrected chi connectivity index (χ3v) is 2.51. The van der Waals surface area contributed by atoms with Crippen molar-refractivity contribution in [2.75, 3.05) is 19.6 Å². The average molecular weight is 255 g/mol. The summed E-state index contributed by atoms with van der Waals surface area (Å²) in [6.07, 6.45) is 0.0288. The number of hydrogen-bond donors (Lipinski definition) is 2. The van der Waals surface area contributed by atoms with Crippen LogP contribution in [0.4, 0.5) is 4.79 Å². The number of hydrogen-bond acceptors (Lipinski definition) is 3. The summed E-state index contributed by atoms with van der Waals surface area (Å²) in [5.41, 5.74) is 0. The Morgan fingerprint density at radius 1 is 1.44 bits per heavy atom. The lowest BCUT2D eigenvalue weighted by atomic mass is 10.1. The molecule has 0 aromatic rings. The maximum Gasteiger partial charge on any atom is 0.317 e. The highest BCUT2D eigenvalue weighted by atomic mass is 16.4. The average Bonchev–Trinajstić information content (AvgIpc) is 2.31. The summed E-state index contributed by atoms with van der Waals surface area (Å²) < 4.78 is 0. The van der Waals surface area contributed by atoms with Crippen LogP contribution in [-0.2, 0) is 4.79 Å². The minimum Gasteiger partial charge on any atom is -0.481 e. The van der Waals surface area contributed by atoms with Crippen LogP contribution in [0, 0.1) is 23.2 Å². The van der Waals surface area contributed by atoms with Gasteiger partial charge in [0.15, 0.2) is 0 Å². The number of carbonyl (C=O) groups excluding carboxylic acids is 1. The van der Waals surface area contributed by atoms with E-state index in [1.807, 2.05) is 6.92 Å². The monoisotopic (exact) mass is 255 g/mol. The molecule has 2 amide bonds. The van der Waals surface area contributed by atoms with Gasteiger partial charge in [0, 0.05) is 26.1 Å². The summed E-state index contributed by atoms with van der Waals surface area (Å²) in [5, 5.41) is 20.0. The Balaban J connectivity index is 4.12. The topological polar surface area (TPSA) is 93.4 Å².